The molecule has 0 radical (unpaired) electrons. The predicted molar refractivity (Wildman–Crippen MR) is 125 cm³/mol. The van der Waals surface area contributed by atoms with Crippen LogP contribution in [0.5, 0.6) is 0 Å². The van der Waals surface area contributed by atoms with Crippen molar-refractivity contribution in [1.29, 1.82) is 0 Å². The number of aromatic nitrogens is 4. The second-order valence-corrected chi connectivity index (χ2v) is 7.39. The lowest BCUT2D eigenvalue weighted by molar-refractivity contribution is 0.818. The number of rotatable bonds is 8. The van der Waals surface area contributed by atoms with Gasteiger partial charge in [0.15, 0.2) is 0 Å². The van der Waals surface area contributed by atoms with Crippen LogP contribution in [0.1, 0.15) is 31.0 Å². The standard InChI is InChI=1S/C24H25N7/c1-17(2)21-15-18(13-14-25-21)16-26-22-29-23(27-19-9-5-3-6-10-19)31-24(30-22)28-20-11-7-4-8-12-20/h3-15,17H,16H2,1-2H3,(H3,26,27,28,29,30,31). The zero-order chi connectivity index (χ0) is 21.5. The first-order valence-electron chi connectivity index (χ1n) is 10.2. The highest BCUT2D eigenvalue weighted by Crippen LogP contribution is 2.19. The molecule has 4 aromatic rings. The molecule has 0 aliphatic carbocycles. The Hall–Kier alpha value is -4.00. The summed E-state index contributed by atoms with van der Waals surface area (Å²) in [5.74, 6) is 1.77. The summed E-state index contributed by atoms with van der Waals surface area (Å²) in [7, 11) is 0. The van der Waals surface area contributed by atoms with E-state index in [0.717, 1.165) is 22.6 Å². The SMILES string of the molecule is CC(C)c1cc(CNc2nc(Nc3ccccc3)nc(Nc3ccccc3)n2)ccn1. The predicted octanol–water partition coefficient (Wildman–Crippen LogP) is 5.49. The highest BCUT2D eigenvalue weighted by Gasteiger charge is 2.09. The maximum Gasteiger partial charge on any atom is 0.233 e. The molecule has 156 valence electrons. The van der Waals surface area contributed by atoms with Crippen molar-refractivity contribution < 1.29 is 0 Å². The molecule has 0 spiro atoms. The molecule has 0 unspecified atom stereocenters. The lowest BCUT2D eigenvalue weighted by atomic mass is 10.1. The monoisotopic (exact) mass is 411 g/mol. The second-order valence-electron chi connectivity index (χ2n) is 7.39. The van der Waals surface area contributed by atoms with E-state index in [1.54, 1.807) is 0 Å². The Morgan fingerprint density at radius 3 is 1.81 bits per heavy atom. The number of nitrogens with zero attached hydrogens (tertiary/aromatic N) is 4. The molecule has 0 bridgehead atoms. The molecule has 31 heavy (non-hydrogen) atoms. The second kappa shape index (κ2) is 9.67. The van der Waals surface area contributed by atoms with Gasteiger partial charge in [0, 0.05) is 29.8 Å². The van der Waals surface area contributed by atoms with E-state index in [0.29, 0.717) is 30.3 Å². The van der Waals surface area contributed by atoms with E-state index in [9.17, 15) is 0 Å². The molecule has 4 rings (SSSR count). The maximum atomic E-state index is 4.54. The quantitative estimate of drug-likeness (QED) is 0.353. The summed E-state index contributed by atoms with van der Waals surface area (Å²) in [5, 5.41) is 9.79. The first-order chi connectivity index (χ1) is 15.2. The van der Waals surface area contributed by atoms with Crippen LogP contribution in [0, 0.1) is 0 Å². The minimum Gasteiger partial charge on any atom is -0.350 e. The van der Waals surface area contributed by atoms with Crippen LogP contribution >= 0.6 is 0 Å². The summed E-state index contributed by atoms with van der Waals surface area (Å²) in [6, 6.07) is 23.7. The van der Waals surface area contributed by atoms with Gasteiger partial charge in [0.1, 0.15) is 0 Å². The van der Waals surface area contributed by atoms with Gasteiger partial charge in [-0.05, 0) is 47.9 Å². The van der Waals surface area contributed by atoms with Gasteiger partial charge in [-0.1, -0.05) is 50.2 Å². The molecule has 7 heteroatoms. The lowest BCUT2D eigenvalue weighted by Crippen LogP contribution is -2.10. The van der Waals surface area contributed by atoms with Gasteiger partial charge in [-0.3, -0.25) is 4.98 Å². The Labute approximate surface area is 182 Å². The molecular weight excluding hydrogens is 386 g/mol. The minimum atomic E-state index is 0.375. The molecule has 2 aromatic carbocycles. The summed E-state index contributed by atoms with van der Waals surface area (Å²) in [5.41, 5.74) is 3.99. The van der Waals surface area contributed by atoms with Crippen LogP contribution in [-0.4, -0.2) is 19.9 Å². The van der Waals surface area contributed by atoms with E-state index in [-0.39, 0.29) is 0 Å². The number of benzene rings is 2. The fourth-order valence-electron chi connectivity index (χ4n) is 2.97. The Morgan fingerprint density at radius 2 is 1.26 bits per heavy atom. The Morgan fingerprint density at radius 1 is 0.710 bits per heavy atom. The molecule has 0 saturated heterocycles. The van der Waals surface area contributed by atoms with Gasteiger partial charge in [0.2, 0.25) is 17.8 Å². The van der Waals surface area contributed by atoms with E-state index in [4.69, 9.17) is 0 Å². The molecule has 0 amide bonds. The van der Waals surface area contributed by atoms with Gasteiger partial charge in [-0.15, -0.1) is 0 Å². The van der Waals surface area contributed by atoms with Crippen molar-refractivity contribution in [1.82, 2.24) is 19.9 Å². The molecule has 0 aliphatic heterocycles. The van der Waals surface area contributed by atoms with Gasteiger partial charge < -0.3 is 16.0 Å². The molecule has 7 nitrogen and oxygen atoms in total. The fraction of sp³-hybridized carbons (Fsp3) is 0.167. The number of pyridine rings is 1. The highest BCUT2D eigenvalue weighted by molar-refractivity contribution is 5.59. The summed E-state index contributed by atoms with van der Waals surface area (Å²) < 4.78 is 0. The number of hydrogen-bond acceptors (Lipinski definition) is 7. The first kappa shape index (κ1) is 20.3. The van der Waals surface area contributed by atoms with Gasteiger partial charge in [-0.25, -0.2) is 0 Å². The van der Waals surface area contributed by atoms with Gasteiger partial charge in [-0.2, -0.15) is 15.0 Å². The average molecular weight is 412 g/mol. The molecule has 2 heterocycles. The van der Waals surface area contributed by atoms with Crippen molar-refractivity contribution >= 4 is 29.2 Å². The zero-order valence-corrected chi connectivity index (χ0v) is 17.6. The van der Waals surface area contributed by atoms with E-state index in [1.807, 2.05) is 72.9 Å². The van der Waals surface area contributed by atoms with Crippen LogP contribution < -0.4 is 16.0 Å². The van der Waals surface area contributed by atoms with Crippen molar-refractivity contribution in [3.8, 4) is 0 Å². The summed E-state index contributed by atoms with van der Waals surface area (Å²) >= 11 is 0. The fourth-order valence-corrected chi connectivity index (χ4v) is 2.97. The van der Waals surface area contributed by atoms with Crippen molar-refractivity contribution in [2.75, 3.05) is 16.0 Å². The largest absolute Gasteiger partial charge is 0.350 e. The van der Waals surface area contributed by atoms with Gasteiger partial charge in [0.25, 0.3) is 0 Å². The Balaban J connectivity index is 1.57. The van der Waals surface area contributed by atoms with Crippen molar-refractivity contribution in [3.05, 3.63) is 90.3 Å². The van der Waals surface area contributed by atoms with Crippen LogP contribution in [0.15, 0.2) is 79.0 Å². The van der Waals surface area contributed by atoms with Gasteiger partial charge >= 0.3 is 0 Å². The molecular formula is C24H25N7. The third kappa shape index (κ3) is 5.76. The smallest absolute Gasteiger partial charge is 0.233 e. The van der Waals surface area contributed by atoms with E-state index < -0.39 is 0 Å². The molecule has 3 N–H and O–H groups in total. The molecule has 0 fully saturated rings. The van der Waals surface area contributed by atoms with Crippen LogP contribution in [0.4, 0.5) is 29.2 Å². The summed E-state index contributed by atoms with van der Waals surface area (Å²) in [6.45, 7) is 4.85. The van der Waals surface area contributed by atoms with Crippen molar-refractivity contribution in [2.45, 2.75) is 26.3 Å². The van der Waals surface area contributed by atoms with Crippen LogP contribution in [-0.2, 0) is 6.54 Å². The molecule has 0 atom stereocenters. The number of hydrogen-bond donors (Lipinski definition) is 3. The van der Waals surface area contributed by atoms with Crippen molar-refractivity contribution in [3.63, 3.8) is 0 Å². The van der Waals surface area contributed by atoms with Crippen LogP contribution in [0.3, 0.4) is 0 Å². The van der Waals surface area contributed by atoms with Crippen molar-refractivity contribution in [2.24, 2.45) is 0 Å². The maximum absolute atomic E-state index is 4.54. The van der Waals surface area contributed by atoms with E-state index >= 15 is 0 Å². The Kier molecular flexibility index (Phi) is 6.32. The van der Waals surface area contributed by atoms with Crippen LogP contribution in [0.25, 0.3) is 0 Å². The number of anilines is 5. The zero-order valence-electron chi connectivity index (χ0n) is 17.6. The normalized spacial score (nSPS) is 10.7. The summed E-state index contributed by atoms with van der Waals surface area (Å²) in [4.78, 5) is 18.0. The summed E-state index contributed by atoms with van der Waals surface area (Å²) in [6.07, 6.45) is 1.84. The number of nitrogens with one attached hydrogen (secondary N) is 3. The van der Waals surface area contributed by atoms with Gasteiger partial charge in [0.05, 0.1) is 0 Å². The highest BCUT2D eigenvalue weighted by atomic mass is 15.3. The number of para-hydroxylation sites is 2. The molecule has 0 saturated carbocycles. The lowest BCUT2D eigenvalue weighted by Gasteiger charge is -2.12. The molecule has 2 aromatic heterocycles. The Bertz CT molecular complexity index is 1060. The first-order valence-corrected chi connectivity index (χ1v) is 10.2. The third-order valence-corrected chi connectivity index (χ3v) is 4.58. The molecule has 0 aliphatic rings. The third-order valence-electron chi connectivity index (χ3n) is 4.58. The van der Waals surface area contributed by atoms with E-state index in [2.05, 4.69) is 55.8 Å². The minimum absolute atomic E-state index is 0.375. The average Bonchev–Trinajstić information content (AvgIpc) is 2.79. The van der Waals surface area contributed by atoms with Crippen LogP contribution in [0.2, 0.25) is 0 Å². The topological polar surface area (TPSA) is 87.7 Å². The van der Waals surface area contributed by atoms with E-state index in [1.165, 1.54) is 0 Å².